The maximum atomic E-state index is 10.5. The summed E-state index contributed by atoms with van der Waals surface area (Å²) in [5, 5.41) is 15.4. The number of aliphatic carboxylic acids is 1. The van der Waals surface area contributed by atoms with Crippen LogP contribution in [0.4, 0.5) is 0 Å². The predicted octanol–water partition coefficient (Wildman–Crippen LogP) is 1.22. The molecule has 1 aliphatic rings. The Kier molecular flexibility index (Phi) is 2.79. The van der Waals surface area contributed by atoms with E-state index < -0.39 is 5.97 Å². The number of rotatable bonds is 4. The van der Waals surface area contributed by atoms with Crippen LogP contribution in [0.1, 0.15) is 12.2 Å². The third kappa shape index (κ3) is 2.35. The molecule has 2 heterocycles. The molecular weight excluding hydrogens is 250 g/mol. The summed E-state index contributed by atoms with van der Waals surface area (Å²) in [5.41, 5.74) is 0.794. The van der Waals surface area contributed by atoms with E-state index in [1.165, 1.54) is 0 Å². The van der Waals surface area contributed by atoms with Crippen molar-refractivity contribution < 1.29 is 19.4 Å². The van der Waals surface area contributed by atoms with Crippen molar-refractivity contribution in [2.24, 2.45) is 0 Å². The number of carboxylic acids is 1. The van der Waals surface area contributed by atoms with E-state index >= 15 is 0 Å². The molecule has 1 aromatic carbocycles. The first-order valence-corrected chi connectivity index (χ1v) is 5.75. The van der Waals surface area contributed by atoms with Gasteiger partial charge in [0.2, 0.25) is 6.79 Å². The van der Waals surface area contributed by atoms with Gasteiger partial charge in [0.25, 0.3) is 0 Å². The molecule has 98 valence electrons. The Bertz CT molecular complexity index is 623. The van der Waals surface area contributed by atoms with Crippen LogP contribution < -0.4 is 9.47 Å². The average molecular weight is 261 g/mol. The van der Waals surface area contributed by atoms with E-state index in [1.54, 1.807) is 12.1 Å². The number of aromatic amines is 1. The Morgan fingerprint density at radius 2 is 2.21 bits per heavy atom. The highest BCUT2D eigenvalue weighted by atomic mass is 16.7. The molecule has 2 N–H and O–H groups in total. The van der Waals surface area contributed by atoms with Crippen LogP contribution in [0.25, 0.3) is 11.4 Å². The lowest BCUT2D eigenvalue weighted by molar-refractivity contribution is -0.137. The first-order valence-electron chi connectivity index (χ1n) is 5.75. The number of carbonyl (C=O) groups is 1. The van der Waals surface area contributed by atoms with Crippen LogP contribution >= 0.6 is 0 Å². The minimum absolute atomic E-state index is 0.0236. The van der Waals surface area contributed by atoms with Crippen molar-refractivity contribution in [2.75, 3.05) is 6.79 Å². The fraction of sp³-hybridized carbons (Fsp3) is 0.250. The highest BCUT2D eigenvalue weighted by Crippen LogP contribution is 2.34. The number of fused-ring (bicyclic) bond motifs is 1. The zero-order valence-corrected chi connectivity index (χ0v) is 9.92. The summed E-state index contributed by atoms with van der Waals surface area (Å²) >= 11 is 0. The number of ether oxygens (including phenoxy) is 2. The van der Waals surface area contributed by atoms with E-state index in [2.05, 4.69) is 15.2 Å². The second-order valence-electron chi connectivity index (χ2n) is 4.07. The highest BCUT2D eigenvalue weighted by Gasteiger charge is 2.15. The number of hydrogen-bond acceptors (Lipinski definition) is 5. The standard InChI is InChI=1S/C12H11N3O4/c16-11(17)4-3-10-13-12(15-14-10)7-1-2-8-9(5-7)19-6-18-8/h1-2,5H,3-4,6H2,(H,16,17)(H,13,14,15). The molecule has 0 saturated heterocycles. The molecule has 0 unspecified atom stereocenters. The van der Waals surface area contributed by atoms with Crippen molar-refractivity contribution in [1.82, 2.24) is 15.2 Å². The van der Waals surface area contributed by atoms with Gasteiger partial charge in [0, 0.05) is 12.0 Å². The highest BCUT2D eigenvalue weighted by molar-refractivity contribution is 5.67. The zero-order valence-electron chi connectivity index (χ0n) is 9.92. The van der Waals surface area contributed by atoms with E-state index in [4.69, 9.17) is 14.6 Å². The summed E-state index contributed by atoms with van der Waals surface area (Å²) in [4.78, 5) is 14.7. The van der Waals surface area contributed by atoms with Gasteiger partial charge in [-0.2, -0.15) is 5.10 Å². The number of aromatic nitrogens is 3. The van der Waals surface area contributed by atoms with E-state index in [1.807, 2.05) is 6.07 Å². The second kappa shape index (κ2) is 4.60. The van der Waals surface area contributed by atoms with E-state index in [0.29, 0.717) is 29.6 Å². The quantitative estimate of drug-likeness (QED) is 0.858. The van der Waals surface area contributed by atoms with Crippen LogP contribution in [0.5, 0.6) is 11.5 Å². The van der Waals surface area contributed by atoms with Crippen molar-refractivity contribution >= 4 is 5.97 Å². The minimum Gasteiger partial charge on any atom is -0.481 e. The Morgan fingerprint density at radius 3 is 3.05 bits per heavy atom. The summed E-state index contributed by atoms with van der Waals surface area (Å²) in [6.45, 7) is 0.219. The monoisotopic (exact) mass is 261 g/mol. The Hall–Kier alpha value is -2.57. The zero-order chi connectivity index (χ0) is 13.2. The van der Waals surface area contributed by atoms with Gasteiger partial charge in [0.15, 0.2) is 17.3 Å². The number of carboxylic acid groups (broad SMARTS) is 1. The molecule has 0 fully saturated rings. The summed E-state index contributed by atoms with van der Waals surface area (Å²) < 4.78 is 10.5. The van der Waals surface area contributed by atoms with Crippen LogP contribution in [0.15, 0.2) is 18.2 Å². The van der Waals surface area contributed by atoms with Crippen LogP contribution in [0, 0.1) is 0 Å². The van der Waals surface area contributed by atoms with Crippen molar-refractivity contribution in [2.45, 2.75) is 12.8 Å². The molecule has 19 heavy (non-hydrogen) atoms. The molecule has 0 atom stereocenters. The molecule has 0 radical (unpaired) electrons. The van der Waals surface area contributed by atoms with E-state index in [9.17, 15) is 4.79 Å². The lowest BCUT2D eigenvalue weighted by Gasteiger charge is -1.98. The Balaban J connectivity index is 1.80. The molecule has 7 heteroatoms. The van der Waals surface area contributed by atoms with Crippen molar-refractivity contribution in [3.05, 3.63) is 24.0 Å². The molecule has 0 aliphatic carbocycles. The Labute approximate surface area is 108 Å². The summed E-state index contributed by atoms with van der Waals surface area (Å²) in [5.74, 6) is 1.56. The van der Waals surface area contributed by atoms with Gasteiger partial charge in [-0.3, -0.25) is 9.89 Å². The molecule has 7 nitrogen and oxygen atoms in total. The molecular formula is C12H11N3O4. The largest absolute Gasteiger partial charge is 0.481 e. The molecule has 2 aromatic rings. The first-order chi connectivity index (χ1) is 9.22. The molecule has 0 saturated carbocycles. The third-order valence-electron chi connectivity index (χ3n) is 2.74. The minimum atomic E-state index is -0.860. The third-order valence-corrected chi connectivity index (χ3v) is 2.74. The normalized spacial score (nSPS) is 12.6. The predicted molar refractivity (Wildman–Crippen MR) is 63.9 cm³/mol. The van der Waals surface area contributed by atoms with Crippen LogP contribution in [-0.4, -0.2) is 33.1 Å². The fourth-order valence-electron chi connectivity index (χ4n) is 1.80. The Morgan fingerprint density at radius 1 is 1.37 bits per heavy atom. The summed E-state index contributed by atoms with van der Waals surface area (Å²) in [7, 11) is 0. The second-order valence-corrected chi connectivity index (χ2v) is 4.07. The topological polar surface area (TPSA) is 97.3 Å². The number of nitrogens with zero attached hydrogens (tertiary/aromatic N) is 2. The van der Waals surface area contributed by atoms with Gasteiger partial charge in [-0.25, -0.2) is 4.98 Å². The van der Waals surface area contributed by atoms with Gasteiger partial charge < -0.3 is 14.6 Å². The SMILES string of the molecule is O=C(O)CCc1nc(-c2ccc3c(c2)OCO3)n[nH]1. The van der Waals surface area contributed by atoms with Gasteiger partial charge in [0.1, 0.15) is 5.82 Å². The van der Waals surface area contributed by atoms with Gasteiger partial charge >= 0.3 is 5.97 Å². The number of aryl methyl sites for hydroxylation is 1. The molecule has 1 aromatic heterocycles. The number of hydrogen-bond donors (Lipinski definition) is 2. The van der Waals surface area contributed by atoms with Crippen molar-refractivity contribution in [3.63, 3.8) is 0 Å². The maximum absolute atomic E-state index is 10.5. The molecule has 1 aliphatic heterocycles. The average Bonchev–Trinajstić information content (AvgIpc) is 3.04. The van der Waals surface area contributed by atoms with Crippen molar-refractivity contribution in [3.8, 4) is 22.9 Å². The van der Waals surface area contributed by atoms with Crippen molar-refractivity contribution in [1.29, 1.82) is 0 Å². The number of benzene rings is 1. The first kappa shape index (κ1) is 11.5. The lowest BCUT2D eigenvalue weighted by atomic mass is 10.2. The van der Waals surface area contributed by atoms with Gasteiger partial charge in [0.05, 0.1) is 6.42 Å². The van der Waals surface area contributed by atoms with Crippen LogP contribution in [-0.2, 0) is 11.2 Å². The fourth-order valence-corrected chi connectivity index (χ4v) is 1.80. The molecule has 0 bridgehead atoms. The maximum Gasteiger partial charge on any atom is 0.303 e. The van der Waals surface area contributed by atoms with Gasteiger partial charge in [-0.05, 0) is 18.2 Å². The number of nitrogens with one attached hydrogen (secondary N) is 1. The van der Waals surface area contributed by atoms with Gasteiger partial charge in [-0.15, -0.1) is 0 Å². The van der Waals surface area contributed by atoms with Crippen LogP contribution in [0.3, 0.4) is 0 Å². The molecule has 0 amide bonds. The van der Waals surface area contributed by atoms with E-state index in [-0.39, 0.29) is 13.2 Å². The summed E-state index contributed by atoms with van der Waals surface area (Å²) in [6, 6.07) is 5.43. The van der Waals surface area contributed by atoms with E-state index in [0.717, 1.165) is 5.56 Å². The smallest absolute Gasteiger partial charge is 0.303 e. The lowest BCUT2D eigenvalue weighted by Crippen LogP contribution is -1.98. The number of H-pyrrole nitrogens is 1. The summed E-state index contributed by atoms with van der Waals surface area (Å²) in [6.07, 6.45) is 0.350. The molecule has 0 spiro atoms. The molecule has 3 rings (SSSR count). The van der Waals surface area contributed by atoms with Gasteiger partial charge in [-0.1, -0.05) is 0 Å². The van der Waals surface area contributed by atoms with Crippen LogP contribution in [0.2, 0.25) is 0 Å².